The van der Waals surface area contributed by atoms with Crippen LogP contribution in [-0.4, -0.2) is 99.5 Å². The van der Waals surface area contributed by atoms with Crippen molar-refractivity contribution in [3.8, 4) is 0 Å². The number of aliphatic imine (C=N–C) groups is 1. The predicted molar refractivity (Wildman–Crippen MR) is 150 cm³/mol. The zero-order valence-corrected chi connectivity index (χ0v) is 23.3. The largest absolute Gasteiger partial charge is 0.480 e. The second-order valence-corrected chi connectivity index (χ2v) is 10.4. The maximum absolute atomic E-state index is 13.3. The highest BCUT2D eigenvalue weighted by Crippen LogP contribution is 2.07. The molecule has 214 valence electrons. The molecular formula is C22H39N9O5S2. The van der Waals surface area contributed by atoms with Crippen molar-refractivity contribution in [2.75, 3.05) is 30.6 Å². The van der Waals surface area contributed by atoms with Crippen molar-refractivity contribution in [2.24, 2.45) is 22.2 Å². The molecule has 4 unspecified atom stereocenters. The Morgan fingerprint density at radius 3 is 2.16 bits per heavy atom. The van der Waals surface area contributed by atoms with Crippen LogP contribution in [0.2, 0.25) is 0 Å². The molecule has 0 aromatic carbocycles. The quantitative estimate of drug-likeness (QED) is 0.0531. The molecule has 0 fully saturated rings. The number of nitrogens with zero attached hydrogens (tertiary/aromatic N) is 2. The molecule has 1 aromatic heterocycles. The Morgan fingerprint density at radius 1 is 0.974 bits per heavy atom. The highest BCUT2D eigenvalue weighted by Gasteiger charge is 2.30. The number of H-pyrrole nitrogens is 1. The second kappa shape index (κ2) is 18.3. The van der Waals surface area contributed by atoms with Gasteiger partial charge in [0.25, 0.3) is 0 Å². The van der Waals surface area contributed by atoms with Gasteiger partial charge >= 0.3 is 5.97 Å². The number of thioether (sulfide) groups is 2. The summed E-state index contributed by atoms with van der Waals surface area (Å²) in [5.74, 6) is -1.87. The summed E-state index contributed by atoms with van der Waals surface area (Å²) in [6.45, 7) is 0.211. The molecular weight excluding hydrogens is 534 g/mol. The van der Waals surface area contributed by atoms with Gasteiger partial charge in [-0.2, -0.15) is 23.5 Å². The van der Waals surface area contributed by atoms with Gasteiger partial charge in [0.2, 0.25) is 17.7 Å². The number of imidazole rings is 1. The minimum absolute atomic E-state index is 0.0895. The molecule has 1 heterocycles. The normalized spacial score (nSPS) is 14.0. The number of aliphatic carboxylic acids is 1. The van der Waals surface area contributed by atoms with E-state index in [1.54, 1.807) is 11.8 Å². The summed E-state index contributed by atoms with van der Waals surface area (Å²) in [6.07, 6.45) is 7.91. The van der Waals surface area contributed by atoms with Gasteiger partial charge in [0, 0.05) is 24.9 Å². The lowest BCUT2D eigenvalue weighted by Gasteiger charge is -2.25. The Balaban J connectivity index is 2.97. The van der Waals surface area contributed by atoms with Crippen molar-refractivity contribution in [3.63, 3.8) is 0 Å². The highest BCUT2D eigenvalue weighted by molar-refractivity contribution is 7.98. The molecule has 0 radical (unpaired) electrons. The van der Waals surface area contributed by atoms with Crippen molar-refractivity contribution in [2.45, 2.75) is 56.3 Å². The lowest BCUT2D eigenvalue weighted by molar-refractivity contribution is -0.142. The molecule has 0 saturated heterocycles. The van der Waals surface area contributed by atoms with E-state index in [-0.39, 0.29) is 31.8 Å². The van der Waals surface area contributed by atoms with Crippen LogP contribution in [0.25, 0.3) is 0 Å². The first-order chi connectivity index (χ1) is 18.1. The average Bonchev–Trinajstić information content (AvgIpc) is 3.38. The summed E-state index contributed by atoms with van der Waals surface area (Å²) in [7, 11) is 0. The number of guanidine groups is 1. The number of aromatic nitrogens is 2. The first kappa shape index (κ1) is 33.0. The summed E-state index contributed by atoms with van der Waals surface area (Å²) < 4.78 is 0. The number of carboxylic acid groups (broad SMARTS) is 1. The van der Waals surface area contributed by atoms with E-state index in [0.717, 1.165) is 0 Å². The van der Waals surface area contributed by atoms with Crippen molar-refractivity contribution in [1.29, 1.82) is 0 Å². The molecule has 0 spiro atoms. The van der Waals surface area contributed by atoms with Crippen LogP contribution in [0.4, 0.5) is 0 Å². The molecule has 0 bridgehead atoms. The lowest BCUT2D eigenvalue weighted by atomic mass is 10.1. The molecule has 0 aliphatic heterocycles. The fraction of sp³-hybridized carbons (Fsp3) is 0.636. The van der Waals surface area contributed by atoms with E-state index >= 15 is 0 Å². The van der Waals surface area contributed by atoms with E-state index in [9.17, 15) is 24.3 Å². The van der Waals surface area contributed by atoms with Gasteiger partial charge in [0.15, 0.2) is 5.96 Å². The smallest absolute Gasteiger partial charge is 0.326 e. The number of carboxylic acids is 1. The number of carbonyl (C=O) groups excluding carboxylic acids is 3. The summed E-state index contributed by atoms with van der Waals surface area (Å²) >= 11 is 3.02. The molecule has 0 aliphatic rings. The topological polar surface area (TPSA) is 244 Å². The van der Waals surface area contributed by atoms with Crippen molar-refractivity contribution < 1.29 is 24.3 Å². The molecule has 38 heavy (non-hydrogen) atoms. The zero-order chi connectivity index (χ0) is 28.5. The number of amides is 3. The molecule has 1 aromatic rings. The van der Waals surface area contributed by atoms with E-state index in [1.165, 1.54) is 24.3 Å². The maximum Gasteiger partial charge on any atom is 0.326 e. The van der Waals surface area contributed by atoms with E-state index in [0.29, 0.717) is 30.0 Å². The highest BCUT2D eigenvalue weighted by atomic mass is 32.2. The third-order valence-corrected chi connectivity index (χ3v) is 6.67. The molecule has 1 rings (SSSR count). The van der Waals surface area contributed by atoms with Gasteiger partial charge in [-0.15, -0.1) is 0 Å². The van der Waals surface area contributed by atoms with Crippen molar-refractivity contribution in [3.05, 3.63) is 18.2 Å². The Hall–Kier alpha value is -2.98. The van der Waals surface area contributed by atoms with Gasteiger partial charge in [-0.05, 0) is 49.7 Å². The number of aromatic amines is 1. The summed E-state index contributed by atoms with van der Waals surface area (Å²) in [5.41, 5.74) is 17.1. The van der Waals surface area contributed by atoms with E-state index in [1.807, 2.05) is 12.5 Å². The first-order valence-corrected chi connectivity index (χ1v) is 14.8. The van der Waals surface area contributed by atoms with Crippen molar-refractivity contribution >= 4 is 53.2 Å². The van der Waals surface area contributed by atoms with Gasteiger partial charge in [-0.3, -0.25) is 19.4 Å². The number of hydrogen-bond acceptors (Lipinski definition) is 9. The Labute approximate surface area is 230 Å². The summed E-state index contributed by atoms with van der Waals surface area (Å²) in [5, 5.41) is 17.4. The van der Waals surface area contributed by atoms with Crippen LogP contribution in [0.5, 0.6) is 0 Å². The van der Waals surface area contributed by atoms with Crippen LogP contribution in [0.3, 0.4) is 0 Å². The predicted octanol–water partition coefficient (Wildman–Crippen LogP) is -1.62. The Kier molecular flexibility index (Phi) is 15.9. The van der Waals surface area contributed by atoms with Crippen LogP contribution in [-0.2, 0) is 25.6 Å². The van der Waals surface area contributed by atoms with Gasteiger partial charge in [-0.1, -0.05) is 0 Å². The number of carbonyl (C=O) groups is 4. The minimum Gasteiger partial charge on any atom is -0.480 e. The SMILES string of the molecule is CSCCC(N)C(=O)NC(Cc1cnc[nH]1)C(=O)NC(CCSC)C(=O)NC(CCCN=C(N)N)C(=O)O. The van der Waals surface area contributed by atoms with Gasteiger partial charge in [0.05, 0.1) is 12.4 Å². The molecule has 14 nitrogen and oxygen atoms in total. The van der Waals surface area contributed by atoms with Crippen LogP contribution >= 0.6 is 23.5 Å². The van der Waals surface area contributed by atoms with Crippen LogP contribution < -0.4 is 33.2 Å². The molecule has 4 atom stereocenters. The van der Waals surface area contributed by atoms with Gasteiger partial charge < -0.3 is 43.2 Å². The van der Waals surface area contributed by atoms with Crippen LogP contribution in [0.1, 0.15) is 31.4 Å². The maximum atomic E-state index is 13.3. The Bertz CT molecular complexity index is 913. The average molecular weight is 574 g/mol. The number of nitrogens with two attached hydrogens (primary N) is 3. The van der Waals surface area contributed by atoms with E-state index < -0.39 is 47.9 Å². The Morgan fingerprint density at radius 2 is 1.58 bits per heavy atom. The zero-order valence-electron chi connectivity index (χ0n) is 21.6. The molecule has 0 saturated carbocycles. The summed E-state index contributed by atoms with van der Waals surface area (Å²) in [4.78, 5) is 61.3. The molecule has 3 amide bonds. The molecule has 11 N–H and O–H groups in total. The second-order valence-electron chi connectivity index (χ2n) is 8.42. The standard InChI is InChI=1S/C22H39N9O5S2/c1-37-8-5-14(23)18(32)31-17(10-13-11-26-12-28-13)20(34)29-15(6-9-38-2)19(33)30-16(21(35)36)4-3-7-27-22(24)25/h11-12,14-17H,3-10,23H2,1-2H3,(H,26,28)(H,29,34)(H,30,33)(H,31,32)(H,35,36)(H4,24,25,27). The third kappa shape index (κ3) is 13.0. The number of nitrogens with one attached hydrogen (secondary N) is 4. The van der Waals surface area contributed by atoms with Gasteiger partial charge in [-0.25, -0.2) is 9.78 Å². The fourth-order valence-corrected chi connectivity index (χ4v) is 4.25. The number of hydrogen-bond donors (Lipinski definition) is 8. The van der Waals surface area contributed by atoms with Crippen molar-refractivity contribution in [1.82, 2.24) is 25.9 Å². The number of rotatable bonds is 19. The monoisotopic (exact) mass is 573 g/mol. The van der Waals surface area contributed by atoms with Gasteiger partial charge in [0.1, 0.15) is 18.1 Å². The fourth-order valence-electron chi connectivity index (χ4n) is 3.29. The van der Waals surface area contributed by atoms with Crippen LogP contribution in [0, 0.1) is 0 Å². The van der Waals surface area contributed by atoms with E-state index in [4.69, 9.17) is 17.2 Å². The molecule has 0 aliphatic carbocycles. The summed E-state index contributed by atoms with van der Waals surface area (Å²) in [6, 6.07) is -4.06. The van der Waals surface area contributed by atoms with Crippen LogP contribution in [0.15, 0.2) is 17.5 Å². The first-order valence-electron chi connectivity index (χ1n) is 12.0. The van der Waals surface area contributed by atoms with E-state index in [2.05, 4.69) is 30.9 Å². The minimum atomic E-state index is -1.22. The lowest BCUT2D eigenvalue weighted by Crippen LogP contribution is -2.57. The third-order valence-electron chi connectivity index (χ3n) is 5.39. The molecule has 16 heteroatoms.